The van der Waals surface area contributed by atoms with Gasteiger partial charge in [-0.25, -0.2) is 0 Å². The third-order valence-corrected chi connectivity index (χ3v) is 2.52. The van der Waals surface area contributed by atoms with Crippen molar-refractivity contribution in [2.24, 2.45) is 0 Å². The fraction of sp³-hybridized carbons (Fsp3) is 0.381. The molecule has 0 amide bonds. The molecule has 1 unspecified atom stereocenters. The Morgan fingerprint density at radius 2 is 1.16 bits per heavy atom. The molecular weight excluding hydrogens is 346 g/mol. The summed E-state index contributed by atoms with van der Waals surface area (Å²) in [7, 11) is 0. The van der Waals surface area contributed by atoms with Crippen molar-refractivity contribution < 1.29 is 31.9 Å². The fourth-order valence-electron chi connectivity index (χ4n) is 1.67. The van der Waals surface area contributed by atoms with Crippen molar-refractivity contribution in [3.8, 4) is 0 Å². The van der Waals surface area contributed by atoms with Crippen LogP contribution in [0.3, 0.4) is 0 Å². The molecule has 25 heavy (non-hydrogen) atoms. The zero-order valence-corrected chi connectivity index (χ0v) is 17.3. The van der Waals surface area contributed by atoms with E-state index in [0.29, 0.717) is 0 Å². The van der Waals surface area contributed by atoms with Crippen molar-refractivity contribution in [2.45, 2.75) is 52.4 Å². The van der Waals surface area contributed by atoms with E-state index in [-0.39, 0.29) is 40.0 Å². The van der Waals surface area contributed by atoms with Gasteiger partial charge in [-0.1, -0.05) is 66.2 Å². The molecule has 2 aromatic carbocycles. The van der Waals surface area contributed by atoms with Gasteiger partial charge in [0.05, 0.1) is 0 Å². The van der Waals surface area contributed by atoms with Crippen LogP contribution in [-0.2, 0) is 21.7 Å². The molecule has 0 saturated heterocycles. The van der Waals surface area contributed by atoms with Crippen molar-refractivity contribution in [1.82, 2.24) is 0 Å². The summed E-state index contributed by atoms with van der Waals surface area (Å²) < 4.78 is 0. The summed E-state index contributed by atoms with van der Waals surface area (Å²) in [6.07, 6.45) is 0.443. The maximum Gasteiger partial charge on any atom is 2.00 e. The SMILES string of the molecule is CC(C)O.CC(C)O.[CH2-]CC([N-]c1ccccc1)c1ccccc1.[Ti+2]. The fourth-order valence-corrected chi connectivity index (χ4v) is 1.67. The number of benzene rings is 2. The normalized spacial score (nSPS) is 10.6. The van der Waals surface area contributed by atoms with Gasteiger partial charge in [0.15, 0.2) is 0 Å². The summed E-state index contributed by atoms with van der Waals surface area (Å²) in [5, 5.41) is 20.8. The largest absolute Gasteiger partial charge is 2.00 e. The van der Waals surface area contributed by atoms with Crippen LogP contribution in [-0.4, -0.2) is 22.4 Å². The second-order valence-corrected chi connectivity index (χ2v) is 5.87. The van der Waals surface area contributed by atoms with Crippen LogP contribution in [0, 0.1) is 6.92 Å². The van der Waals surface area contributed by atoms with Gasteiger partial charge in [0.2, 0.25) is 0 Å². The Morgan fingerprint density at radius 3 is 1.52 bits per heavy atom. The maximum atomic E-state index is 8.06. The first kappa shape index (κ1) is 26.1. The molecule has 2 aromatic rings. The van der Waals surface area contributed by atoms with E-state index in [1.54, 1.807) is 27.7 Å². The predicted octanol–water partition coefficient (Wildman–Crippen LogP) is 5.43. The molecular formula is C21H31NO2Ti. The third-order valence-electron chi connectivity index (χ3n) is 2.52. The van der Waals surface area contributed by atoms with E-state index in [4.69, 9.17) is 10.2 Å². The Hall–Kier alpha value is -1.13. The standard InChI is InChI=1S/C15H15N.2C3H8O.Ti/c1-2-15(13-9-5-3-6-10-13)16-14-11-7-4-8-12-14;2*1-3(2)4;/h3-12,15H,1-2H2;2*3-4H,1-2H3;/q-2;;;+2. The first-order valence-electron chi connectivity index (χ1n) is 8.33. The Kier molecular flexibility index (Phi) is 17.1. The number of para-hydroxylation sites is 1. The molecule has 4 heteroatoms. The summed E-state index contributed by atoms with van der Waals surface area (Å²) in [5.41, 5.74) is 2.24. The number of aliphatic hydroxyl groups excluding tert-OH is 2. The van der Waals surface area contributed by atoms with Gasteiger partial charge < -0.3 is 22.5 Å². The third kappa shape index (κ3) is 16.1. The minimum absolute atomic E-state index is 0. The molecule has 0 bridgehead atoms. The van der Waals surface area contributed by atoms with Crippen LogP contribution in [0.15, 0.2) is 60.7 Å². The smallest absolute Gasteiger partial charge is 0.680 e. The Morgan fingerprint density at radius 1 is 0.800 bits per heavy atom. The Labute approximate surface area is 168 Å². The molecule has 2 rings (SSSR count). The molecule has 0 heterocycles. The second-order valence-electron chi connectivity index (χ2n) is 5.87. The van der Waals surface area contributed by atoms with E-state index in [9.17, 15) is 0 Å². The molecule has 0 aliphatic rings. The van der Waals surface area contributed by atoms with Crippen LogP contribution in [0.5, 0.6) is 0 Å². The van der Waals surface area contributed by atoms with Crippen molar-refractivity contribution >= 4 is 5.69 Å². The average molecular weight is 377 g/mol. The number of hydrogen-bond donors (Lipinski definition) is 2. The van der Waals surface area contributed by atoms with Crippen LogP contribution < -0.4 is 0 Å². The number of nitrogens with zero attached hydrogens (tertiary/aromatic N) is 1. The van der Waals surface area contributed by atoms with Crippen molar-refractivity contribution in [3.63, 3.8) is 0 Å². The van der Waals surface area contributed by atoms with Crippen LogP contribution in [0.1, 0.15) is 45.7 Å². The zero-order chi connectivity index (χ0) is 18.4. The molecule has 0 aromatic heterocycles. The summed E-state index contributed by atoms with van der Waals surface area (Å²) in [6.45, 7) is 10.9. The van der Waals surface area contributed by atoms with E-state index < -0.39 is 0 Å². The van der Waals surface area contributed by atoms with E-state index in [1.165, 1.54) is 5.56 Å². The van der Waals surface area contributed by atoms with E-state index >= 15 is 0 Å². The minimum atomic E-state index is -0.167. The summed E-state index contributed by atoms with van der Waals surface area (Å²) in [4.78, 5) is 0. The quantitative estimate of drug-likeness (QED) is 0.551. The van der Waals surface area contributed by atoms with Gasteiger partial charge >= 0.3 is 21.7 Å². The monoisotopic (exact) mass is 377 g/mol. The second kappa shape index (κ2) is 16.3. The number of rotatable bonds is 4. The van der Waals surface area contributed by atoms with Crippen molar-refractivity contribution in [2.75, 3.05) is 0 Å². The van der Waals surface area contributed by atoms with Gasteiger partial charge in [0.25, 0.3) is 0 Å². The summed E-state index contributed by atoms with van der Waals surface area (Å²) in [5.74, 6) is 0. The van der Waals surface area contributed by atoms with Gasteiger partial charge in [-0.2, -0.15) is 6.42 Å². The average Bonchev–Trinajstić information content (AvgIpc) is 2.53. The Balaban J connectivity index is 0. The molecule has 0 radical (unpaired) electrons. The van der Waals surface area contributed by atoms with Crippen molar-refractivity contribution in [1.29, 1.82) is 0 Å². The van der Waals surface area contributed by atoms with Gasteiger partial charge in [-0.05, 0) is 27.7 Å². The van der Waals surface area contributed by atoms with E-state index in [0.717, 1.165) is 12.1 Å². The summed E-state index contributed by atoms with van der Waals surface area (Å²) in [6, 6.07) is 20.5. The Bertz CT molecular complexity index is 492. The molecule has 0 aliphatic carbocycles. The summed E-state index contributed by atoms with van der Waals surface area (Å²) >= 11 is 0. The first-order chi connectivity index (χ1) is 11.4. The van der Waals surface area contributed by atoms with Crippen LogP contribution in [0.2, 0.25) is 0 Å². The van der Waals surface area contributed by atoms with Gasteiger partial charge in [0, 0.05) is 12.2 Å². The minimum Gasteiger partial charge on any atom is -0.680 e. The molecule has 1 atom stereocenters. The maximum absolute atomic E-state index is 8.06. The van der Waals surface area contributed by atoms with Gasteiger partial charge in [0.1, 0.15) is 0 Å². The van der Waals surface area contributed by atoms with Gasteiger partial charge in [-0.15, -0.1) is 11.7 Å². The molecule has 0 saturated carbocycles. The van der Waals surface area contributed by atoms with E-state index in [1.807, 2.05) is 48.5 Å². The van der Waals surface area contributed by atoms with Crippen molar-refractivity contribution in [3.05, 3.63) is 78.5 Å². The molecule has 0 aliphatic heterocycles. The molecule has 136 valence electrons. The van der Waals surface area contributed by atoms with E-state index in [2.05, 4.69) is 24.4 Å². The van der Waals surface area contributed by atoms with Gasteiger partial charge in [-0.3, -0.25) is 0 Å². The molecule has 3 nitrogen and oxygen atoms in total. The number of aliphatic hydroxyl groups is 2. The van der Waals surface area contributed by atoms with Crippen LogP contribution in [0.4, 0.5) is 5.69 Å². The topological polar surface area (TPSA) is 54.6 Å². The zero-order valence-electron chi connectivity index (χ0n) is 15.8. The van der Waals surface area contributed by atoms with Crippen LogP contribution in [0.25, 0.3) is 5.32 Å². The molecule has 0 fully saturated rings. The van der Waals surface area contributed by atoms with Crippen LogP contribution >= 0.6 is 0 Å². The first-order valence-corrected chi connectivity index (χ1v) is 8.33. The predicted molar refractivity (Wildman–Crippen MR) is 103 cm³/mol. The molecule has 0 spiro atoms. The number of hydrogen-bond acceptors (Lipinski definition) is 2. The molecule has 2 N–H and O–H groups in total.